The van der Waals surface area contributed by atoms with Gasteiger partial charge < -0.3 is 5.11 Å². The first-order valence-corrected chi connectivity index (χ1v) is 4.83. The van der Waals surface area contributed by atoms with Crippen molar-refractivity contribution < 1.29 is 5.11 Å². The van der Waals surface area contributed by atoms with E-state index in [0.29, 0.717) is 0 Å². The summed E-state index contributed by atoms with van der Waals surface area (Å²) < 4.78 is 0. The van der Waals surface area contributed by atoms with Gasteiger partial charge in [-0.2, -0.15) is 0 Å². The molecule has 1 aromatic carbocycles. The van der Waals surface area contributed by atoms with Crippen molar-refractivity contribution in [1.82, 2.24) is 4.98 Å². The molecule has 0 aliphatic rings. The third kappa shape index (κ3) is 1.49. The molecule has 2 rings (SSSR count). The minimum atomic E-state index is 0.0739. The Morgan fingerprint density at radius 2 is 2.07 bits per heavy atom. The average molecular weight is 187 g/mol. The topological polar surface area (TPSA) is 33.1 Å². The summed E-state index contributed by atoms with van der Waals surface area (Å²) in [6.45, 7) is 2.16. The molecule has 72 valence electrons. The summed E-state index contributed by atoms with van der Waals surface area (Å²) in [6, 6.07) is 9.89. The third-order valence-corrected chi connectivity index (χ3v) is 2.41. The van der Waals surface area contributed by atoms with Gasteiger partial charge in [-0.25, -0.2) is 0 Å². The number of nitrogens with zero attached hydrogens (tertiary/aromatic N) is 1. The highest BCUT2D eigenvalue weighted by molar-refractivity contribution is 5.82. The summed E-state index contributed by atoms with van der Waals surface area (Å²) in [4.78, 5) is 4.49. The van der Waals surface area contributed by atoms with E-state index < -0.39 is 0 Å². The van der Waals surface area contributed by atoms with E-state index in [-0.39, 0.29) is 6.61 Å². The second-order valence-corrected chi connectivity index (χ2v) is 3.30. The van der Waals surface area contributed by atoms with Gasteiger partial charge in [-0.05, 0) is 24.1 Å². The fraction of sp³-hybridized carbons (Fsp3) is 0.250. The van der Waals surface area contributed by atoms with Crippen LogP contribution in [-0.2, 0) is 13.0 Å². The van der Waals surface area contributed by atoms with Crippen molar-refractivity contribution >= 4 is 10.9 Å². The molecule has 0 atom stereocenters. The van der Waals surface area contributed by atoms with Gasteiger partial charge in [-0.15, -0.1) is 0 Å². The van der Waals surface area contributed by atoms with Gasteiger partial charge in [-0.1, -0.05) is 25.1 Å². The first kappa shape index (κ1) is 9.16. The molecule has 14 heavy (non-hydrogen) atoms. The average Bonchev–Trinajstić information content (AvgIpc) is 2.27. The van der Waals surface area contributed by atoms with E-state index in [1.54, 1.807) is 0 Å². The summed E-state index contributed by atoms with van der Waals surface area (Å²) in [6.07, 6.45) is 0.944. The zero-order chi connectivity index (χ0) is 9.97. The molecule has 0 radical (unpaired) electrons. The van der Waals surface area contributed by atoms with Gasteiger partial charge in [0.1, 0.15) is 0 Å². The molecule has 0 aliphatic heterocycles. The van der Waals surface area contributed by atoms with Gasteiger partial charge in [0, 0.05) is 11.1 Å². The Hall–Kier alpha value is -1.41. The molecule has 0 aliphatic carbocycles. The van der Waals surface area contributed by atoms with Gasteiger partial charge in [0.05, 0.1) is 12.1 Å². The summed E-state index contributed by atoms with van der Waals surface area (Å²) >= 11 is 0. The van der Waals surface area contributed by atoms with Crippen molar-refractivity contribution in [1.29, 1.82) is 0 Å². The minimum Gasteiger partial charge on any atom is -0.392 e. The maximum atomic E-state index is 9.13. The fourth-order valence-electron chi connectivity index (χ4n) is 1.60. The Kier molecular flexibility index (Phi) is 2.46. The number of aromatic nitrogens is 1. The fourth-order valence-corrected chi connectivity index (χ4v) is 1.60. The van der Waals surface area contributed by atoms with Gasteiger partial charge >= 0.3 is 0 Å². The Bertz CT molecular complexity index is 451. The summed E-state index contributed by atoms with van der Waals surface area (Å²) in [5.41, 5.74) is 3.00. The van der Waals surface area contributed by atoms with Crippen LogP contribution >= 0.6 is 0 Å². The molecule has 1 heterocycles. The number of benzene rings is 1. The minimum absolute atomic E-state index is 0.0739. The van der Waals surface area contributed by atoms with Crippen LogP contribution in [0, 0.1) is 0 Å². The molecular formula is C12H13NO. The first-order chi connectivity index (χ1) is 6.85. The zero-order valence-electron chi connectivity index (χ0n) is 8.20. The maximum absolute atomic E-state index is 9.13. The van der Waals surface area contributed by atoms with E-state index in [4.69, 9.17) is 5.11 Å². The van der Waals surface area contributed by atoms with E-state index >= 15 is 0 Å². The predicted octanol–water partition coefficient (Wildman–Crippen LogP) is 2.29. The van der Waals surface area contributed by atoms with Crippen LogP contribution in [0.15, 0.2) is 30.3 Å². The van der Waals surface area contributed by atoms with E-state index in [2.05, 4.69) is 11.9 Å². The number of hydrogen-bond donors (Lipinski definition) is 1. The lowest BCUT2D eigenvalue weighted by molar-refractivity contribution is 0.283. The highest BCUT2D eigenvalue weighted by atomic mass is 16.3. The molecule has 0 spiro atoms. The number of rotatable bonds is 2. The molecule has 2 nitrogen and oxygen atoms in total. The van der Waals surface area contributed by atoms with Crippen LogP contribution in [0.5, 0.6) is 0 Å². The summed E-state index contributed by atoms with van der Waals surface area (Å²) in [7, 11) is 0. The van der Waals surface area contributed by atoms with Crippen molar-refractivity contribution in [2.24, 2.45) is 0 Å². The molecule has 2 heteroatoms. The molecule has 0 fully saturated rings. The van der Waals surface area contributed by atoms with E-state index in [0.717, 1.165) is 28.6 Å². The van der Waals surface area contributed by atoms with Crippen LogP contribution in [0.1, 0.15) is 18.2 Å². The second-order valence-electron chi connectivity index (χ2n) is 3.30. The number of fused-ring (bicyclic) bond motifs is 1. The summed E-state index contributed by atoms with van der Waals surface area (Å²) in [5, 5.41) is 10.2. The summed E-state index contributed by atoms with van der Waals surface area (Å²) in [5.74, 6) is 0. The molecular weight excluding hydrogens is 174 g/mol. The van der Waals surface area contributed by atoms with E-state index in [1.165, 1.54) is 0 Å². The van der Waals surface area contributed by atoms with Crippen LogP contribution in [0.3, 0.4) is 0 Å². The number of aryl methyl sites for hydroxylation is 1. The van der Waals surface area contributed by atoms with Gasteiger partial charge in [0.15, 0.2) is 0 Å². The van der Waals surface area contributed by atoms with Crippen molar-refractivity contribution in [2.75, 3.05) is 0 Å². The van der Waals surface area contributed by atoms with Crippen molar-refractivity contribution in [3.05, 3.63) is 41.6 Å². The monoisotopic (exact) mass is 187 g/mol. The zero-order valence-corrected chi connectivity index (χ0v) is 8.20. The van der Waals surface area contributed by atoms with Crippen molar-refractivity contribution in [3.8, 4) is 0 Å². The predicted molar refractivity (Wildman–Crippen MR) is 57.0 cm³/mol. The Morgan fingerprint density at radius 3 is 2.79 bits per heavy atom. The molecule has 0 saturated carbocycles. The molecule has 0 amide bonds. The van der Waals surface area contributed by atoms with Gasteiger partial charge in [0.2, 0.25) is 0 Å². The number of hydrogen-bond acceptors (Lipinski definition) is 2. The van der Waals surface area contributed by atoms with E-state index in [1.807, 2.05) is 30.3 Å². The van der Waals surface area contributed by atoms with Crippen molar-refractivity contribution in [2.45, 2.75) is 20.0 Å². The van der Waals surface area contributed by atoms with Crippen molar-refractivity contribution in [3.63, 3.8) is 0 Å². The van der Waals surface area contributed by atoms with Crippen LogP contribution in [0.4, 0.5) is 0 Å². The second kappa shape index (κ2) is 3.76. The molecule has 0 saturated heterocycles. The molecule has 1 aromatic heterocycles. The third-order valence-electron chi connectivity index (χ3n) is 2.41. The first-order valence-electron chi connectivity index (χ1n) is 4.83. The van der Waals surface area contributed by atoms with Gasteiger partial charge in [-0.3, -0.25) is 4.98 Å². The quantitative estimate of drug-likeness (QED) is 0.782. The van der Waals surface area contributed by atoms with Gasteiger partial charge in [0.25, 0.3) is 0 Å². The SMILES string of the molecule is CCc1ccc2c(CO)cccc2n1. The normalized spacial score (nSPS) is 10.7. The smallest absolute Gasteiger partial charge is 0.0708 e. The lowest BCUT2D eigenvalue weighted by Gasteiger charge is -2.04. The Labute approximate surface area is 83.2 Å². The van der Waals surface area contributed by atoms with E-state index in [9.17, 15) is 0 Å². The molecule has 2 aromatic rings. The Morgan fingerprint density at radius 1 is 1.21 bits per heavy atom. The number of aliphatic hydroxyl groups is 1. The van der Waals surface area contributed by atoms with Crippen LogP contribution < -0.4 is 0 Å². The van der Waals surface area contributed by atoms with Crippen LogP contribution in [-0.4, -0.2) is 10.1 Å². The Balaban J connectivity index is 2.67. The lowest BCUT2D eigenvalue weighted by Crippen LogP contribution is -1.91. The highest BCUT2D eigenvalue weighted by Gasteiger charge is 2.00. The largest absolute Gasteiger partial charge is 0.392 e. The molecule has 1 N–H and O–H groups in total. The number of aliphatic hydroxyl groups excluding tert-OH is 1. The molecule has 0 unspecified atom stereocenters. The standard InChI is InChI=1S/C12H13NO/c1-2-10-6-7-11-9(8-14)4-3-5-12(11)13-10/h3-7,14H,2,8H2,1H3. The van der Waals surface area contributed by atoms with Crippen LogP contribution in [0.25, 0.3) is 10.9 Å². The number of pyridine rings is 1. The highest BCUT2D eigenvalue weighted by Crippen LogP contribution is 2.17. The lowest BCUT2D eigenvalue weighted by atomic mass is 10.1. The van der Waals surface area contributed by atoms with Crippen LogP contribution in [0.2, 0.25) is 0 Å². The molecule has 0 bridgehead atoms. The maximum Gasteiger partial charge on any atom is 0.0708 e.